The number of ether oxygens (including phenoxy) is 1. The first-order valence-corrected chi connectivity index (χ1v) is 13.2. The van der Waals surface area contributed by atoms with Crippen molar-refractivity contribution in [2.45, 2.75) is 58.4 Å². The third kappa shape index (κ3) is 5.75. The van der Waals surface area contributed by atoms with Crippen LogP contribution in [0.15, 0.2) is 28.8 Å². The third-order valence-corrected chi connectivity index (χ3v) is 7.73. The van der Waals surface area contributed by atoms with Crippen LogP contribution >= 0.6 is 0 Å². The zero-order valence-electron chi connectivity index (χ0n) is 22.2. The molecule has 1 saturated heterocycles. The average molecular weight is 497 g/mol. The van der Waals surface area contributed by atoms with Crippen molar-refractivity contribution in [2.75, 3.05) is 47.4 Å². The van der Waals surface area contributed by atoms with Gasteiger partial charge in [0.05, 0.1) is 12.0 Å². The van der Waals surface area contributed by atoms with E-state index in [0.29, 0.717) is 57.1 Å². The summed E-state index contributed by atoms with van der Waals surface area (Å²) in [6, 6.07) is 8.22. The molecule has 1 spiro atoms. The summed E-state index contributed by atoms with van der Waals surface area (Å²) in [6.45, 7) is 4.56. The Balaban J connectivity index is 1.45. The normalized spacial score (nSPS) is 19.3. The molecular formula is C28H40N4O4. The average Bonchev–Trinajstić information content (AvgIpc) is 3.23. The van der Waals surface area contributed by atoms with Crippen LogP contribution in [0.25, 0.3) is 0 Å². The van der Waals surface area contributed by atoms with Crippen LogP contribution in [0.5, 0.6) is 5.75 Å². The number of nitrogens with zero attached hydrogens (tertiary/aromatic N) is 4. The van der Waals surface area contributed by atoms with Gasteiger partial charge in [-0.15, -0.1) is 0 Å². The number of para-hydroxylation sites is 1. The number of piperidine rings is 1. The summed E-state index contributed by atoms with van der Waals surface area (Å²) in [5, 5.41) is 4.09. The van der Waals surface area contributed by atoms with Gasteiger partial charge >= 0.3 is 0 Å². The van der Waals surface area contributed by atoms with Gasteiger partial charge in [-0.1, -0.05) is 36.2 Å². The maximum Gasteiger partial charge on any atom is 0.276 e. The molecule has 0 radical (unpaired) electrons. The van der Waals surface area contributed by atoms with Crippen LogP contribution in [0, 0.1) is 12.3 Å². The molecule has 0 bridgehead atoms. The van der Waals surface area contributed by atoms with Gasteiger partial charge in [0.15, 0.2) is 5.69 Å². The number of fused-ring (bicyclic) bond motifs is 1. The van der Waals surface area contributed by atoms with E-state index < -0.39 is 5.41 Å². The second-order valence-corrected chi connectivity index (χ2v) is 10.6. The van der Waals surface area contributed by atoms with E-state index in [2.05, 4.69) is 17.3 Å². The van der Waals surface area contributed by atoms with Crippen molar-refractivity contribution in [3.8, 4) is 5.75 Å². The maximum absolute atomic E-state index is 13.7. The summed E-state index contributed by atoms with van der Waals surface area (Å²) in [7, 11) is 5.80. The molecule has 2 aliphatic heterocycles. The highest BCUT2D eigenvalue weighted by Gasteiger charge is 2.43. The second kappa shape index (κ2) is 11.5. The van der Waals surface area contributed by atoms with Crippen LogP contribution in [0.4, 0.5) is 0 Å². The monoisotopic (exact) mass is 496 g/mol. The highest BCUT2D eigenvalue weighted by atomic mass is 16.5. The summed E-state index contributed by atoms with van der Waals surface area (Å²) < 4.78 is 11.4. The molecule has 196 valence electrons. The van der Waals surface area contributed by atoms with E-state index in [1.54, 1.807) is 0 Å². The lowest BCUT2D eigenvalue weighted by Gasteiger charge is -2.42. The number of carbonyl (C=O) groups is 2. The first kappa shape index (κ1) is 26.2. The highest BCUT2D eigenvalue weighted by molar-refractivity contribution is 5.94. The quantitative estimate of drug-likeness (QED) is 0.641. The van der Waals surface area contributed by atoms with E-state index in [-0.39, 0.29) is 11.8 Å². The molecule has 36 heavy (non-hydrogen) atoms. The fraction of sp³-hybridized carbons (Fsp3) is 0.607. The van der Waals surface area contributed by atoms with E-state index in [1.807, 2.05) is 54.9 Å². The van der Waals surface area contributed by atoms with Crippen molar-refractivity contribution in [1.82, 2.24) is 19.9 Å². The summed E-state index contributed by atoms with van der Waals surface area (Å²) in [6.07, 6.45) is 6.34. The van der Waals surface area contributed by atoms with Gasteiger partial charge in [0.1, 0.15) is 18.1 Å². The number of aromatic nitrogens is 1. The molecule has 0 N–H and O–H groups in total. The van der Waals surface area contributed by atoms with E-state index in [0.717, 1.165) is 43.4 Å². The summed E-state index contributed by atoms with van der Waals surface area (Å²) in [5.74, 6) is 1.68. The predicted molar refractivity (Wildman–Crippen MR) is 138 cm³/mol. The number of hydrogen-bond donors (Lipinski definition) is 0. The number of likely N-dealkylation sites (tertiary alicyclic amines) is 1. The SMILES string of the molecule is Cc1onc(C(=O)N2CCC3(CCCCCc4ccccc4OCCN(C)C3=O)CC2)c1CN(C)C. The van der Waals surface area contributed by atoms with Crippen molar-refractivity contribution < 1.29 is 18.8 Å². The van der Waals surface area contributed by atoms with Crippen LogP contribution in [-0.4, -0.2) is 79.1 Å². The van der Waals surface area contributed by atoms with Gasteiger partial charge in [-0.25, -0.2) is 0 Å². The first-order valence-electron chi connectivity index (χ1n) is 13.2. The molecule has 0 aliphatic carbocycles. The van der Waals surface area contributed by atoms with Gasteiger partial charge in [-0.3, -0.25) is 9.59 Å². The molecule has 2 amide bonds. The van der Waals surface area contributed by atoms with Crippen molar-refractivity contribution in [1.29, 1.82) is 0 Å². The highest BCUT2D eigenvalue weighted by Crippen LogP contribution is 2.39. The molecule has 0 saturated carbocycles. The lowest BCUT2D eigenvalue weighted by molar-refractivity contribution is -0.144. The molecule has 1 aromatic heterocycles. The minimum absolute atomic E-state index is 0.102. The minimum Gasteiger partial charge on any atom is -0.491 e. The number of benzene rings is 1. The second-order valence-electron chi connectivity index (χ2n) is 10.6. The molecule has 3 heterocycles. The van der Waals surface area contributed by atoms with Crippen molar-refractivity contribution in [3.05, 3.63) is 46.8 Å². The van der Waals surface area contributed by atoms with Gasteiger partial charge in [0.2, 0.25) is 5.91 Å². The van der Waals surface area contributed by atoms with Crippen LogP contribution in [0.3, 0.4) is 0 Å². The number of hydrogen-bond acceptors (Lipinski definition) is 6. The van der Waals surface area contributed by atoms with Crippen LogP contribution in [0.1, 0.15) is 65.9 Å². The molecule has 1 aromatic carbocycles. The van der Waals surface area contributed by atoms with Gasteiger partial charge in [-0.05, 0) is 64.8 Å². The van der Waals surface area contributed by atoms with Gasteiger partial charge in [0.25, 0.3) is 5.91 Å². The number of rotatable bonds is 3. The van der Waals surface area contributed by atoms with Crippen molar-refractivity contribution in [3.63, 3.8) is 0 Å². The Hall–Kier alpha value is -2.87. The molecular weight excluding hydrogens is 456 g/mol. The predicted octanol–water partition coefficient (Wildman–Crippen LogP) is 3.92. The maximum atomic E-state index is 13.7. The molecule has 2 aliphatic rings. The number of likely N-dealkylation sites (N-methyl/N-ethyl adjacent to an activating group) is 1. The molecule has 2 aromatic rings. The van der Waals surface area contributed by atoms with Crippen LogP contribution in [-0.2, 0) is 17.8 Å². The van der Waals surface area contributed by atoms with E-state index in [1.165, 1.54) is 5.56 Å². The Morgan fingerprint density at radius 2 is 1.83 bits per heavy atom. The Kier molecular flexibility index (Phi) is 8.34. The number of carbonyl (C=O) groups excluding carboxylic acids is 2. The summed E-state index contributed by atoms with van der Waals surface area (Å²) in [4.78, 5) is 32.8. The van der Waals surface area contributed by atoms with Gasteiger partial charge in [-0.2, -0.15) is 0 Å². The summed E-state index contributed by atoms with van der Waals surface area (Å²) in [5.41, 5.74) is 2.04. The molecule has 8 nitrogen and oxygen atoms in total. The minimum atomic E-state index is -0.432. The zero-order valence-corrected chi connectivity index (χ0v) is 22.2. The lowest BCUT2D eigenvalue weighted by Crippen LogP contribution is -2.51. The smallest absolute Gasteiger partial charge is 0.276 e. The Labute approximate surface area is 214 Å². The lowest BCUT2D eigenvalue weighted by atomic mass is 9.73. The Morgan fingerprint density at radius 1 is 1.08 bits per heavy atom. The summed E-state index contributed by atoms with van der Waals surface area (Å²) >= 11 is 0. The number of aryl methyl sites for hydroxylation is 2. The standard InChI is InChI=1S/C28H40N4O4/c1-21-23(20-30(2)3)25(29-36-21)26(33)32-16-14-28(15-17-32)13-9-5-6-10-22-11-7-8-12-24(22)35-19-18-31(4)27(28)34/h7-8,11-12H,5-6,9-10,13-20H2,1-4H3. The third-order valence-electron chi connectivity index (χ3n) is 7.73. The van der Waals surface area contributed by atoms with Crippen LogP contribution in [0.2, 0.25) is 0 Å². The van der Waals surface area contributed by atoms with E-state index in [4.69, 9.17) is 9.26 Å². The van der Waals surface area contributed by atoms with Crippen molar-refractivity contribution in [2.24, 2.45) is 5.41 Å². The molecule has 8 heteroatoms. The van der Waals surface area contributed by atoms with E-state index in [9.17, 15) is 9.59 Å². The fourth-order valence-corrected chi connectivity index (χ4v) is 5.53. The van der Waals surface area contributed by atoms with Gasteiger partial charge in [0, 0.05) is 32.2 Å². The Bertz CT molecular complexity index is 1060. The Morgan fingerprint density at radius 3 is 2.58 bits per heavy atom. The molecule has 4 rings (SSSR count). The largest absolute Gasteiger partial charge is 0.491 e. The fourth-order valence-electron chi connectivity index (χ4n) is 5.53. The topological polar surface area (TPSA) is 79.1 Å². The van der Waals surface area contributed by atoms with Crippen LogP contribution < -0.4 is 4.74 Å². The molecule has 0 atom stereocenters. The number of amides is 2. The zero-order chi connectivity index (χ0) is 25.7. The van der Waals surface area contributed by atoms with Crippen molar-refractivity contribution >= 4 is 11.8 Å². The molecule has 1 fully saturated rings. The van der Waals surface area contributed by atoms with E-state index >= 15 is 0 Å². The molecule has 0 unspecified atom stereocenters. The first-order chi connectivity index (χ1) is 17.3. The van der Waals surface area contributed by atoms with Gasteiger partial charge < -0.3 is 24.0 Å².